The molecule has 0 aromatic rings. The van der Waals surface area contributed by atoms with Crippen molar-refractivity contribution in [3.8, 4) is 0 Å². The van der Waals surface area contributed by atoms with Crippen molar-refractivity contribution in [3.63, 3.8) is 0 Å². The Kier molecular flexibility index (Phi) is 11.9. The van der Waals surface area contributed by atoms with E-state index in [4.69, 9.17) is 0 Å². The van der Waals surface area contributed by atoms with E-state index < -0.39 is 0 Å². The second-order valence-corrected chi connectivity index (χ2v) is 5.15. The third-order valence-corrected chi connectivity index (χ3v) is 3.80. The smallest absolute Gasteiger partial charge is 0.00773 e. The van der Waals surface area contributed by atoms with Crippen LogP contribution in [0.4, 0.5) is 0 Å². The lowest BCUT2D eigenvalue weighted by Crippen LogP contribution is -2.00. The van der Waals surface area contributed by atoms with Gasteiger partial charge >= 0.3 is 0 Å². The van der Waals surface area contributed by atoms with Gasteiger partial charge in [0.25, 0.3) is 0 Å². The summed E-state index contributed by atoms with van der Waals surface area (Å²) in [5, 5.41) is 0. The molecule has 24 heavy (non-hydrogen) atoms. The van der Waals surface area contributed by atoms with Crippen molar-refractivity contribution in [2.75, 3.05) is 0 Å². The molecule has 0 N–H and O–H groups in total. The highest BCUT2D eigenvalue weighted by Crippen LogP contribution is 2.33. The molecule has 0 bridgehead atoms. The first-order chi connectivity index (χ1) is 11.7. The van der Waals surface area contributed by atoms with E-state index in [1.54, 1.807) is 0 Å². The summed E-state index contributed by atoms with van der Waals surface area (Å²) in [6, 6.07) is 0. The Hall–Kier alpha value is -2.34. The van der Waals surface area contributed by atoms with Gasteiger partial charge in [-0.3, -0.25) is 0 Å². The fourth-order valence-corrected chi connectivity index (χ4v) is 2.70. The summed E-state index contributed by atoms with van der Waals surface area (Å²) < 4.78 is 0. The van der Waals surface area contributed by atoms with Gasteiger partial charge in [0.1, 0.15) is 0 Å². The molecule has 0 aromatic heterocycles. The van der Waals surface area contributed by atoms with Gasteiger partial charge in [-0.25, -0.2) is 0 Å². The van der Waals surface area contributed by atoms with Gasteiger partial charge < -0.3 is 0 Å². The molecule has 0 spiro atoms. The molecule has 0 saturated carbocycles. The Labute approximate surface area is 149 Å². The molecular weight excluding hydrogens is 288 g/mol. The van der Waals surface area contributed by atoms with E-state index >= 15 is 0 Å². The number of allylic oxidation sites excluding steroid dienone is 14. The SMILES string of the molecule is C=C.C=CC(=C\C)/C(C(/C=C)=C/C=C\C)=C(/CC)C1=CCCC=C1. The molecule has 0 aromatic carbocycles. The zero-order valence-electron chi connectivity index (χ0n) is 15.6. The van der Waals surface area contributed by atoms with Crippen LogP contribution < -0.4 is 0 Å². The molecule has 0 saturated heterocycles. The van der Waals surface area contributed by atoms with Crippen LogP contribution in [-0.4, -0.2) is 0 Å². The summed E-state index contributed by atoms with van der Waals surface area (Å²) in [7, 11) is 0. The maximum Gasteiger partial charge on any atom is -0.00773 e. The number of hydrogen-bond donors (Lipinski definition) is 0. The third kappa shape index (κ3) is 6.04. The van der Waals surface area contributed by atoms with Crippen LogP contribution in [0.3, 0.4) is 0 Å². The fourth-order valence-electron chi connectivity index (χ4n) is 2.70. The lowest BCUT2D eigenvalue weighted by atomic mass is 9.85. The van der Waals surface area contributed by atoms with Gasteiger partial charge in [0.2, 0.25) is 0 Å². The topological polar surface area (TPSA) is 0 Å². The molecule has 128 valence electrons. The molecular formula is C24H32. The average molecular weight is 321 g/mol. The summed E-state index contributed by atoms with van der Waals surface area (Å²) in [5.41, 5.74) is 6.24. The van der Waals surface area contributed by atoms with Crippen molar-refractivity contribution in [1.29, 1.82) is 0 Å². The minimum Gasteiger partial charge on any atom is -0.106 e. The first-order valence-electron chi connectivity index (χ1n) is 8.58. The van der Waals surface area contributed by atoms with Gasteiger partial charge in [-0.1, -0.05) is 74.8 Å². The van der Waals surface area contributed by atoms with E-state index in [0.717, 1.165) is 30.4 Å². The predicted molar refractivity (Wildman–Crippen MR) is 112 cm³/mol. The van der Waals surface area contributed by atoms with Crippen molar-refractivity contribution in [2.45, 2.75) is 40.0 Å². The van der Waals surface area contributed by atoms with Crippen molar-refractivity contribution < 1.29 is 0 Å². The number of rotatable bonds is 7. The summed E-state index contributed by atoms with van der Waals surface area (Å²) in [6.07, 6.45) is 22.3. The molecule has 1 rings (SSSR count). The Bertz CT molecular complexity index is 598. The average Bonchev–Trinajstić information content (AvgIpc) is 2.66. The first kappa shape index (κ1) is 21.7. The molecule has 1 aliphatic rings. The van der Waals surface area contributed by atoms with Gasteiger partial charge in [0, 0.05) is 0 Å². The quantitative estimate of drug-likeness (QED) is 0.335. The Morgan fingerprint density at radius 1 is 1.08 bits per heavy atom. The van der Waals surface area contributed by atoms with Crippen LogP contribution in [-0.2, 0) is 0 Å². The van der Waals surface area contributed by atoms with E-state index in [-0.39, 0.29) is 0 Å². The second-order valence-electron chi connectivity index (χ2n) is 5.15. The Morgan fingerprint density at radius 2 is 1.75 bits per heavy atom. The van der Waals surface area contributed by atoms with Crippen LogP contribution in [0.5, 0.6) is 0 Å². The third-order valence-electron chi connectivity index (χ3n) is 3.80. The highest BCUT2D eigenvalue weighted by atomic mass is 14.2. The molecule has 1 aliphatic carbocycles. The summed E-state index contributed by atoms with van der Waals surface area (Å²) >= 11 is 0. The summed E-state index contributed by atoms with van der Waals surface area (Å²) in [4.78, 5) is 0. The molecule has 0 aliphatic heterocycles. The lowest BCUT2D eigenvalue weighted by Gasteiger charge is -2.19. The van der Waals surface area contributed by atoms with Crippen LogP contribution in [0.15, 0.2) is 109 Å². The lowest BCUT2D eigenvalue weighted by molar-refractivity contribution is 0.996. The molecule has 0 fully saturated rings. The van der Waals surface area contributed by atoms with Crippen molar-refractivity contribution in [1.82, 2.24) is 0 Å². The van der Waals surface area contributed by atoms with Gasteiger partial charge in [-0.05, 0) is 61.0 Å². The standard InChI is InChI=1S/C22H28.C2H4/c1-6-11-15-19(9-4)22(18(7-2)8-3)21(10-5)20-16-13-12-14-17-20;1-2/h6-9,11,13,15-17H,2,4,10,12,14H2,1,3,5H3;1-2H2/b11-6-,18-8+,19-15+,22-21+;. The second kappa shape index (κ2) is 13.1. The Balaban J connectivity index is 0.00000254. The highest BCUT2D eigenvalue weighted by molar-refractivity contribution is 5.63. The van der Waals surface area contributed by atoms with E-state index in [9.17, 15) is 0 Å². The van der Waals surface area contributed by atoms with Crippen molar-refractivity contribution in [2.24, 2.45) is 0 Å². The molecule has 0 atom stereocenters. The molecule has 0 heteroatoms. The molecule has 0 nitrogen and oxygen atoms in total. The van der Waals surface area contributed by atoms with Gasteiger partial charge in [0.05, 0.1) is 0 Å². The van der Waals surface area contributed by atoms with E-state index in [1.807, 2.05) is 25.2 Å². The molecule has 0 heterocycles. The Morgan fingerprint density at radius 3 is 2.17 bits per heavy atom. The minimum atomic E-state index is 0.984. The predicted octanol–water partition coefficient (Wildman–Crippen LogP) is 7.59. The number of hydrogen-bond acceptors (Lipinski definition) is 0. The van der Waals surface area contributed by atoms with Crippen LogP contribution in [0.25, 0.3) is 0 Å². The minimum absolute atomic E-state index is 0.984. The fraction of sp³-hybridized carbons (Fsp3) is 0.250. The normalized spacial score (nSPS) is 16.0. The molecule has 0 unspecified atom stereocenters. The van der Waals surface area contributed by atoms with E-state index in [2.05, 4.69) is 76.6 Å². The largest absolute Gasteiger partial charge is 0.106 e. The monoisotopic (exact) mass is 320 g/mol. The van der Waals surface area contributed by atoms with Gasteiger partial charge in [-0.2, -0.15) is 0 Å². The molecule has 0 amide bonds. The van der Waals surface area contributed by atoms with Crippen LogP contribution in [0, 0.1) is 0 Å². The first-order valence-corrected chi connectivity index (χ1v) is 8.58. The van der Waals surface area contributed by atoms with Crippen LogP contribution in [0.2, 0.25) is 0 Å². The molecule has 0 radical (unpaired) electrons. The van der Waals surface area contributed by atoms with Crippen LogP contribution >= 0.6 is 0 Å². The summed E-state index contributed by atoms with van der Waals surface area (Å²) in [5.74, 6) is 0. The summed E-state index contributed by atoms with van der Waals surface area (Å²) in [6.45, 7) is 20.3. The van der Waals surface area contributed by atoms with E-state index in [1.165, 1.54) is 16.7 Å². The van der Waals surface area contributed by atoms with Gasteiger partial charge in [-0.15, -0.1) is 13.2 Å². The highest BCUT2D eigenvalue weighted by Gasteiger charge is 2.14. The van der Waals surface area contributed by atoms with Crippen molar-refractivity contribution in [3.05, 3.63) is 109 Å². The maximum absolute atomic E-state index is 4.01. The van der Waals surface area contributed by atoms with E-state index in [0.29, 0.717) is 0 Å². The van der Waals surface area contributed by atoms with Crippen LogP contribution in [0.1, 0.15) is 40.0 Å². The zero-order valence-corrected chi connectivity index (χ0v) is 15.6. The van der Waals surface area contributed by atoms with Crippen molar-refractivity contribution >= 4 is 0 Å². The zero-order chi connectivity index (χ0) is 18.4. The van der Waals surface area contributed by atoms with Gasteiger partial charge in [0.15, 0.2) is 0 Å². The maximum atomic E-state index is 4.01.